The van der Waals surface area contributed by atoms with Crippen molar-refractivity contribution in [2.75, 3.05) is 5.32 Å². The van der Waals surface area contributed by atoms with Gasteiger partial charge >= 0.3 is 0 Å². The third-order valence-corrected chi connectivity index (χ3v) is 5.87. The van der Waals surface area contributed by atoms with Gasteiger partial charge in [0.1, 0.15) is 0 Å². The van der Waals surface area contributed by atoms with E-state index in [0.717, 1.165) is 0 Å². The summed E-state index contributed by atoms with van der Waals surface area (Å²) in [4.78, 5) is 12.4. The molecule has 8 nitrogen and oxygen atoms in total. The summed E-state index contributed by atoms with van der Waals surface area (Å²) in [6, 6.07) is 18.7. The van der Waals surface area contributed by atoms with E-state index >= 15 is 0 Å². The van der Waals surface area contributed by atoms with Gasteiger partial charge in [-0.15, -0.1) is 0 Å². The third kappa shape index (κ3) is 5.43. The third-order valence-electron chi connectivity index (χ3n) is 4.90. The highest BCUT2D eigenvalue weighted by Crippen LogP contribution is 2.28. The van der Waals surface area contributed by atoms with Gasteiger partial charge in [0.15, 0.2) is 11.7 Å². The molecule has 0 aliphatic rings. The van der Waals surface area contributed by atoms with Gasteiger partial charge in [-0.3, -0.25) is 4.79 Å². The fraction of sp³-hybridized carbons (Fsp3) is 0.0435. The number of rotatable bonds is 6. The van der Waals surface area contributed by atoms with Gasteiger partial charge in [0.2, 0.25) is 10.0 Å². The van der Waals surface area contributed by atoms with Crippen LogP contribution in [0.15, 0.2) is 88.7 Å². The summed E-state index contributed by atoms with van der Waals surface area (Å²) in [5.74, 6) is -2.00. The summed E-state index contributed by atoms with van der Waals surface area (Å²) in [5.41, 5.74) is 7.81. The maximum Gasteiger partial charge on any atom is 0.284 e. The standard InChI is InChI=1S/C23H21FN4O4S/c1-14(15-6-8-17(9-7-15)22(25)28-30)21(24)23(29)27-18-12-10-16(11-13-18)19-4-2-3-5-20(19)33(26,31)32/h2-13,30H,1H3,(H2,25,28)(H,27,29)(H2,26,31,32)/b21-14+. The van der Waals surface area contributed by atoms with Crippen molar-refractivity contribution in [2.24, 2.45) is 16.0 Å². The highest BCUT2D eigenvalue weighted by molar-refractivity contribution is 7.89. The zero-order valence-electron chi connectivity index (χ0n) is 17.5. The molecule has 33 heavy (non-hydrogen) atoms. The lowest BCUT2D eigenvalue weighted by atomic mass is 10.0. The Morgan fingerprint density at radius 1 is 0.970 bits per heavy atom. The molecule has 3 aromatic carbocycles. The second-order valence-electron chi connectivity index (χ2n) is 7.07. The van der Waals surface area contributed by atoms with E-state index in [9.17, 15) is 17.6 Å². The summed E-state index contributed by atoms with van der Waals surface area (Å²) >= 11 is 0. The molecule has 0 aliphatic carbocycles. The lowest BCUT2D eigenvalue weighted by molar-refractivity contribution is -0.114. The van der Waals surface area contributed by atoms with Crippen LogP contribution in [0.25, 0.3) is 16.7 Å². The molecule has 6 N–H and O–H groups in total. The van der Waals surface area contributed by atoms with Crippen molar-refractivity contribution in [3.63, 3.8) is 0 Å². The molecule has 0 spiro atoms. The lowest BCUT2D eigenvalue weighted by Gasteiger charge is -2.10. The van der Waals surface area contributed by atoms with Gasteiger partial charge in [-0.1, -0.05) is 59.8 Å². The van der Waals surface area contributed by atoms with Gasteiger partial charge in [0.05, 0.1) is 4.90 Å². The van der Waals surface area contributed by atoms with Gasteiger partial charge in [-0.2, -0.15) is 0 Å². The average Bonchev–Trinajstić information content (AvgIpc) is 2.82. The summed E-state index contributed by atoms with van der Waals surface area (Å²) in [7, 11) is -3.92. The number of amides is 1. The number of halogens is 1. The predicted molar refractivity (Wildman–Crippen MR) is 125 cm³/mol. The van der Waals surface area contributed by atoms with Crippen molar-refractivity contribution in [3.8, 4) is 11.1 Å². The van der Waals surface area contributed by atoms with E-state index in [1.807, 2.05) is 0 Å². The van der Waals surface area contributed by atoms with Gasteiger partial charge in [0.25, 0.3) is 5.91 Å². The Kier molecular flexibility index (Phi) is 6.90. The van der Waals surface area contributed by atoms with Crippen LogP contribution in [-0.2, 0) is 14.8 Å². The van der Waals surface area contributed by atoms with E-state index in [4.69, 9.17) is 16.1 Å². The van der Waals surface area contributed by atoms with Crippen LogP contribution in [0.1, 0.15) is 18.1 Å². The number of primary sulfonamides is 1. The molecule has 0 radical (unpaired) electrons. The quantitative estimate of drug-likeness (QED) is 0.144. The average molecular weight is 469 g/mol. The largest absolute Gasteiger partial charge is 0.409 e. The van der Waals surface area contributed by atoms with Gasteiger partial charge < -0.3 is 16.3 Å². The number of carbonyl (C=O) groups is 1. The minimum absolute atomic E-state index is 0.0237. The minimum atomic E-state index is -3.92. The fourth-order valence-electron chi connectivity index (χ4n) is 3.12. The molecule has 0 heterocycles. The van der Waals surface area contributed by atoms with Crippen molar-refractivity contribution < 1.29 is 22.8 Å². The molecule has 0 fully saturated rings. The molecule has 170 valence electrons. The summed E-state index contributed by atoms with van der Waals surface area (Å²) < 4.78 is 38.3. The second-order valence-corrected chi connectivity index (χ2v) is 8.60. The number of carbonyl (C=O) groups excluding carboxylic acids is 1. The molecule has 0 saturated heterocycles. The minimum Gasteiger partial charge on any atom is -0.409 e. The van der Waals surface area contributed by atoms with Crippen LogP contribution in [-0.4, -0.2) is 25.4 Å². The van der Waals surface area contributed by atoms with E-state index in [0.29, 0.717) is 27.9 Å². The smallest absolute Gasteiger partial charge is 0.284 e. The van der Waals surface area contributed by atoms with Crippen molar-refractivity contribution >= 4 is 33.0 Å². The van der Waals surface area contributed by atoms with Crippen LogP contribution in [0, 0.1) is 0 Å². The van der Waals surface area contributed by atoms with Gasteiger partial charge in [-0.25, -0.2) is 17.9 Å². The molecule has 3 aromatic rings. The monoisotopic (exact) mass is 468 g/mol. The number of nitrogens with one attached hydrogen (secondary N) is 1. The topological polar surface area (TPSA) is 148 Å². The van der Waals surface area contributed by atoms with Crippen LogP contribution >= 0.6 is 0 Å². The predicted octanol–water partition coefficient (Wildman–Crippen LogP) is 3.43. The van der Waals surface area contributed by atoms with Crippen LogP contribution in [0.3, 0.4) is 0 Å². The first-order chi connectivity index (χ1) is 15.6. The van der Waals surface area contributed by atoms with Crippen LogP contribution < -0.4 is 16.2 Å². The Balaban J connectivity index is 1.80. The number of hydrogen-bond acceptors (Lipinski definition) is 5. The molecular weight excluding hydrogens is 447 g/mol. The normalized spacial score (nSPS) is 12.8. The highest BCUT2D eigenvalue weighted by atomic mass is 32.2. The lowest BCUT2D eigenvalue weighted by Crippen LogP contribution is -2.14. The van der Waals surface area contributed by atoms with Crippen LogP contribution in [0.5, 0.6) is 0 Å². The molecule has 0 unspecified atom stereocenters. The number of hydrogen-bond donors (Lipinski definition) is 4. The van der Waals surface area contributed by atoms with Gasteiger partial charge in [0, 0.05) is 16.8 Å². The van der Waals surface area contributed by atoms with E-state index in [-0.39, 0.29) is 16.3 Å². The van der Waals surface area contributed by atoms with E-state index in [1.165, 1.54) is 37.3 Å². The van der Waals surface area contributed by atoms with Crippen molar-refractivity contribution in [1.29, 1.82) is 0 Å². The van der Waals surface area contributed by atoms with Crippen LogP contribution in [0.2, 0.25) is 0 Å². The molecule has 0 bridgehead atoms. The number of allylic oxidation sites excluding steroid dienone is 1. The zero-order valence-corrected chi connectivity index (χ0v) is 18.3. The van der Waals surface area contributed by atoms with Crippen molar-refractivity contribution in [1.82, 2.24) is 0 Å². The first-order valence-corrected chi connectivity index (χ1v) is 11.1. The molecule has 0 atom stereocenters. The Bertz CT molecular complexity index is 1350. The molecule has 3 rings (SSSR count). The van der Waals surface area contributed by atoms with E-state index in [2.05, 4.69) is 10.5 Å². The maximum atomic E-state index is 14.7. The Labute approximate surface area is 190 Å². The zero-order chi connectivity index (χ0) is 24.2. The van der Waals surface area contributed by atoms with Gasteiger partial charge in [-0.05, 0) is 41.8 Å². The first-order valence-electron chi connectivity index (χ1n) is 9.60. The summed E-state index contributed by atoms with van der Waals surface area (Å²) in [6.07, 6.45) is 0. The summed E-state index contributed by atoms with van der Waals surface area (Å²) in [5, 5.41) is 19.3. The number of anilines is 1. The fourth-order valence-corrected chi connectivity index (χ4v) is 3.88. The highest BCUT2D eigenvalue weighted by Gasteiger charge is 2.16. The summed E-state index contributed by atoms with van der Waals surface area (Å²) in [6.45, 7) is 1.46. The Morgan fingerprint density at radius 2 is 1.55 bits per heavy atom. The number of nitrogens with two attached hydrogens (primary N) is 2. The molecular formula is C23H21FN4O4S. The maximum absolute atomic E-state index is 14.7. The first kappa shape index (κ1) is 23.6. The Morgan fingerprint density at radius 3 is 2.12 bits per heavy atom. The van der Waals surface area contributed by atoms with Crippen molar-refractivity contribution in [2.45, 2.75) is 11.8 Å². The number of oxime groups is 1. The van der Waals surface area contributed by atoms with E-state index in [1.54, 1.807) is 42.5 Å². The van der Waals surface area contributed by atoms with Crippen LogP contribution in [0.4, 0.5) is 10.1 Å². The molecule has 0 aromatic heterocycles. The second kappa shape index (κ2) is 9.63. The van der Waals surface area contributed by atoms with E-state index < -0.39 is 21.8 Å². The number of benzene rings is 3. The Hall–Kier alpha value is -4.02. The number of sulfonamides is 1. The molecule has 1 amide bonds. The number of nitrogens with zero attached hydrogens (tertiary/aromatic N) is 1. The molecule has 0 aliphatic heterocycles. The SMILES string of the molecule is C/C(=C(\F)C(=O)Nc1ccc(-c2ccccc2S(N)(=O)=O)cc1)c1ccc(/C(N)=N/O)cc1. The molecule has 0 saturated carbocycles. The van der Waals surface area contributed by atoms with Crippen molar-refractivity contribution in [3.05, 3.63) is 89.8 Å². The number of amidine groups is 1. The molecule has 10 heteroatoms.